The summed E-state index contributed by atoms with van der Waals surface area (Å²) in [5, 5.41) is 8.59. The Morgan fingerprint density at radius 3 is 2.88 bits per heavy atom. The minimum Gasteiger partial charge on any atom is -0.497 e. The minimum absolute atomic E-state index is 0.124. The lowest BCUT2D eigenvalue weighted by atomic mass is 10.1. The Balaban J connectivity index is 2.81. The average molecular weight is 233 g/mol. The van der Waals surface area contributed by atoms with Crippen LogP contribution in [0.15, 0.2) is 24.3 Å². The van der Waals surface area contributed by atoms with Gasteiger partial charge in [0.25, 0.3) is 0 Å². The summed E-state index contributed by atoms with van der Waals surface area (Å²) in [6.07, 6.45) is 0.511. The average Bonchev–Trinajstić information content (AvgIpc) is 2.37. The van der Waals surface area contributed by atoms with Gasteiger partial charge in [-0.05, 0) is 24.7 Å². The fraction of sp³-hybridized carbons (Fsp3) is 0.462. The third kappa shape index (κ3) is 3.74. The van der Waals surface area contributed by atoms with Crippen LogP contribution in [-0.4, -0.2) is 32.1 Å². The molecule has 0 fully saturated rings. The first-order valence-electron chi connectivity index (χ1n) is 5.64. The summed E-state index contributed by atoms with van der Waals surface area (Å²) in [5.74, 6) is 0.828. The first kappa shape index (κ1) is 13.5. The van der Waals surface area contributed by atoms with Crippen LogP contribution >= 0.6 is 0 Å². The maximum Gasteiger partial charge on any atom is 0.119 e. The Kier molecular flexibility index (Phi) is 5.47. The number of methoxy groups -OCH3 is 1. The maximum atomic E-state index is 8.59. The second-order valence-corrected chi connectivity index (χ2v) is 3.92. The summed E-state index contributed by atoms with van der Waals surface area (Å²) in [5.41, 5.74) is 6.92. The molecule has 1 atom stereocenters. The van der Waals surface area contributed by atoms with Crippen molar-refractivity contribution in [3.8, 4) is 11.8 Å². The molecule has 1 unspecified atom stereocenters. The molecule has 0 amide bonds. The van der Waals surface area contributed by atoms with Gasteiger partial charge in [0.05, 0.1) is 13.2 Å². The number of nitrogens with two attached hydrogens (primary N) is 1. The van der Waals surface area contributed by atoms with E-state index >= 15 is 0 Å². The molecule has 0 saturated carbocycles. The molecule has 0 radical (unpaired) electrons. The molecule has 0 saturated heterocycles. The van der Waals surface area contributed by atoms with E-state index in [0.717, 1.165) is 17.9 Å². The van der Waals surface area contributed by atoms with E-state index in [4.69, 9.17) is 15.7 Å². The van der Waals surface area contributed by atoms with Crippen LogP contribution in [0.2, 0.25) is 0 Å². The van der Waals surface area contributed by atoms with Gasteiger partial charge in [-0.25, -0.2) is 0 Å². The summed E-state index contributed by atoms with van der Waals surface area (Å²) in [7, 11) is 3.63. The molecular weight excluding hydrogens is 214 g/mol. The first-order valence-corrected chi connectivity index (χ1v) is 5.64. The molecule has 2 N–H and O–H groups in total. The fourth-order valence-electron chi connectivity index (χ4n) is 1.80. The predicted molar refractivity (Wildman–Crippen MR) is 67.6 cm³/mol. The standard InChI is InChI=1S/C13H19N3O/c1-16(8-4-7-14)13(10-15)11-5-3-6-12(9-11)17-2/h3,5-6,9,13H,4,8,10,15H2,1-2H3. The smallest absolute Gasteiger partial charge is 0.119 e. The van der Waals surface area contributed by atoms with Crippen molar-refractivity contribution in [1.82, 2.24) is 4.90 Å². The van der Waals surface area contributed by atoms with Crippen molar-refractivity contribution in [2.75, 3.05) is 27.2 Å². The molecule has 0 aliphatic rings. The zero-order valence-electron chi connectivity index (χ0n) is 10.4. The van der Waals surface area contributed by atoms with Crippen LogP contribution in [0.4, 0.5) is 0 Å². The minimum atomic E-state index is 0.124. The molecule has 0 bridgehead atoms. The zero-order valence-corrected chi connectivity index (χ0v) is 10.4. The van der Waals surface area contributed by atoms with E-state index in [-0.39, 0.29) is 6.04 Å². The molecule has 0 spiro atoms. The highest BCUT2D eigenvalue weighted by Gasteiger charge is 2.15. The third-order valence-corrected chi connectivity index (χ3v) is 2.81. The Morgan fingerprint density at radius 2 is 2.29 bits per heavy atom. The highest BCUT2D eigenvalue weighted by molar-refractivity contribution is 5.30. The second-order valence-electron chi connectivity index (χ2n) is 3.92. The lowest BCUT2D eigenvalue weighted by Gasteiger charge is -2.26. The van der Waals surface area contributed by atoms with Crippen molar-refractivity contribution in [3.05, 3.63) is 29.8 Å². The van der Waals surface area contributed by atoms with Gasteiger partial charge in [-0.15, -0.1) is 0 Å². The molecule has 1 aromatic carbocycles. The molecule has 1 rings (SSSR count). The summed E-state index contributed by atoms with van der Waals surface area (Å²) in [4.78, 5) is 2.10. The third-order valence-electron chi connectivity index (χ3n) is 2.81. The summed E-state index contributed by atoms with van der Waals surface area (Å²) in [6, 6.07) is 10.1. The predicted octanol–water partition coefficient (Wildman–Crippen LogP) is 1.54. The molecule has 0 aliphatic carbocycles. The van der Waals surface area contributed by atoms with Gasteiger partial charge in [0, 0.05) is 25.6 Å². The molecule has 1 aromatic rings. The maximum absolute atomic E-state index is 8.59. The lowest BCUT2D eigenvalue weighted by Crippen LogP contribution is -2.31. The first-order chi connectivity index (χ1) is 8.22. The Hall–Kier alpha value is -1.57. The van der Waals surface area contributed by atoms with Crippen LogP contribution in [0.5, 0.6) is 5.75 Å². The van der Waals surface area contributed by atoms with Crippen LogP contribution in [0, 0.1) is 11.3 Å². The van der Waals surface area contributed by atoms with Gasteiger partial charge in [-0.2, -0.15) is 5.26 Å². The Bertz CT molecular complexity index is 386. The van der Waals surface area contributed by atoms with E-state index in [0.29, 0.717) is 13.0 Å². The van der Waals surface area contributed by atoms with E-state index in [1.807, 2.05) is 31.3 Å². The van der Waals surface area contributed by atoms with Crippen molar-refractivity contribution in [2.24, 2.45) is 5.73 Å². The van der Waals surface area contributed by atoms with E-state index in [1.165, 1.54) is 0 Å². The van der Waals surface area contributed by atoms with Gasteiger partial charge in [-0.3, -0.25) is 4.90 Å². The number of hydrogen-bond acceptors (Lipinski definition) is 4. The number of hydrogen-bond donors (Lipinski definition) is 1. The lowest BCUT2D eigenvalue weighted by molar-refractivity contribution is 0.255. The quantitative estimate of drug-likeness (QED) is 0.809. The van der Waals surface area contributed by atoms with Gasteiger partial charge in [0.1, 0.15) is 5.75 Å². The van der Waals surface area contributed by atoms with E-state index in [2.05, 4.69) is 11.0 Å². The number of ether oxygens (including phenoxy) is 1. The fourth-order valence-corrected chi connectivity index (χ4v) is 1.80. The summed E-state index contributed by atoms with van der Waals surface area (Å²) < 4.78 is 5.20. The summed E-state index contributed by atoms with van der Waals surface area (Å²) >= 11 is 0. The largest absolute Gasteiger partial charge is 0.497 e. The van der Waals surface area contributed by atoms with Crippen LogP contribution in [-0.2, 0) is 0 Å². The Labute approximate surface area is 103 Å². The van der Waals surface area contributed by atoms with Crippen molar-refractivity contribution in [3.63, 3.8) is 0 Å². The molecule has 4 heteroatoms. The number of likely N-dealkylation sites (N-methyl/N-ethyl adjacent to an activating group) is 1. The van der Waals surface area contributed by atoms with E-state index < -0.39 is 0 Å². The molecule has 0 heterocycles. The topological polar surface area (TPSA) is 62.3 Å². The van der Waals surface area contributed by atoms with Crippen LogP contribution in [0.1, 0.15) is 18.0 Å². The number of nitrogens with zero attached hydrogens (tertiary/aromatic N) is 2. The Morgan fingerprint density at radius 1 is 1.53 bits per heavy atom. The molecule has 92 valence electrons. The molecular formula is C13H19N3O. The second kappa shape index (κ2) is 6.89. The molecule has 0 aliphatic heterocycles. The van der Waals surface area contributed by atoms with Gasteiger partial charge in [-0.1, -0.05) is 12.1 Å². The van der Waals surface area contributed by atoms with Gasteiger partial charge in [0.15, 0.2) is 0 Å². The van der Waals surface area contributed by atoms with Crippen molar-refractivity contribution in [1.29, 1.82) is 5.26 Å². The summed E-state index contributed by atoms with van der Waals surface area (Å²) in [6.45, 7) is 1.24. The zero-order chi connectivity index (χ0) is 12.7. The van der Waals surface area contributed by atoms with Gasteiger partial charge < -0.3 is 10.5 Å². The number of benzene rings is 1. The van der Waals surface area contributed by atoms with E-state index in [1.54, 1.807) is 7.11 Å². The van der Waals surface area contributed by atoms with Gasteiger partial charge in [0.2, 0.25) is 0 Å². The van der Waals surface area contributed by atoms with Crippen molar-refractivity contribution < 1.29 is 4.74 Å². The van der Waals surface area contributed by atoms with Gasteiger partial charge >= 0.3 is 0 Å². The van der Waals surface area contributed by atoms with Crippen LogP contribution in [0.3, 0.4) is 0 Å². The van der Waals surface area contributed by atoms with E-state index in [9.17, 15) is 0 Å². The molecule has 4 nitrogen and oxygen atoms in total. The number of nitriles is 1. The normalized spacial score (nSPS) is 12.2. The monoisotopic (exact) mass is 233 g/mol. The molecule has 0 aromatic heterocycles. The highest BCUT2D eigenvalue weighted by Crippen LogP contribution is 2.22. The van der Waals surface area contributed by atoms with Crippen molar-refractivity contribution in [2.45, 2.75) is 12.5 Å². The SMILES string of the molecule is COc1cccc(C(CN)N(C)CCC#N)c1. The van der Waals surface area contributed by atoms with Crippen LogP contribution in [0.25, 0.3) is 0 Å². The molecule has 17 heavy (non-hydrogen) atoms. The highest BCUT2D eigenvalue weighted by atomic mass is 16.5. The van der Waals surface area contributed by atoms with Crippen LogP contribution < -0.4 is 10.5 Å². The number of rotatable bonds is 6. The van der Waals surface area contributed by atoms with Crippen molar-refractivity contribution >= 4 is 0 Å².